The number of ether oxygens (including phenoxy) is 1. The molecule has 6 heteroatoms. The molecule has 1 atom stereocenters. The third kappa shape index (κ3) is 3.43. The number of benzene rings is 2. The number of hydrogen-bond donors (Lipinski definition) is 1. The van der Waals surface area contributed by atoms with E-state index in [1.54, 1.807) is 31.4 Å². The first-order chi connectivity index (χ1) is 13.2. The van der Waals surface area contributed by atoms with Crippen molar-refractivity contribution in [2.24, 2.45) is 0 Å². The van der Waals surface area contributed by atoms with Crippen LogP contribution in [0.5, 0.6) is 5.75 Å². The molecule has 0 unspecified atom stereocenters. The van der Waals surface area contributed by atoms with Gasteiger partial charge in [-0.05, 0) is 54.8 Å². The lowest BCUT2D eigenvalue weighted by molar-refractivity contribution is 0.0733. The number of rotatable bonds is 4. The summed E-state index contributed by atoms with van der Waals surface area (Å²) >= 11 is 5.95. The third-order valence-electron chi connectivity index (χ3n) is 4.99. The van der Waals surface area contributed by atoms with Gasteiger partial charge < -0.3 is 9.64 Å². The molecule has 3 aromatic rings. The monoisotopic (exact) mass is 381 g/mol. The van der Waals surface area contributed by atoms with Gasteiger partial charge in [-0.1, -0.05) is 23.7 Å². The van der Waals surface area contributed by atoms with Gasteiger partial charge in [-0.3, -0.25) is 9.89 Å². The number of nitrogens with zero attached hydrogens (tertiary/aromatic N) is 2. The van der Waals surface area contributed by atoms with Crippen molar-refractivity contribution in [2.75, 3.05) is 13.7 Å². The first-order valence-electron chi connectivity index (χ1n) is 8.91. The standard InChI is InChI=1S/C21H20ClN3O2/c1-27-17-5-2-4-15(12-17)18-13-23-24-20(18)19-6-3-11-25(19)21(26)14-7-9-16(22)10-8-14/h2,4-5,7-10,12-13,19H,3,6,11H2,1H3,(H,23,24)/t19-/m1/s1. The fourth-order valence-corrected chi connectivity index (χ4v) is 3.76. The zero-order valence-electron chi connectivity index (χ0n) is 15.0. The van der Waals surface area contributed by atoms with Crippen molar-refractivity contribution in [3.8, 4) is 16.9 Å². The van der Waals surface area contributed by atoms with E-state index in [0.29, 0.717) is 10.6 Å². The van der Waals surface area contributed by atoms with Gasteiger partial charge in [0.1, 0.15) is 5.75 Å². The molecular formula is C21H20ClN3O2. The van der Waals surface area contributed by atoms with Gasteiger partial charge in [-0.15, -0.1) is 0 Å². The Bertz CT molecular complexity index is 952. The van der Waals surface area contributed by atoms with Gasteiger partial charge in [0.05, 0.1) is 25.0 Å². The largest absolute Gasteiger partial charge is 0.497 e. The van der Waals surface area contributed by atoms with E-state index in [4.69, 9.17) is 16.3 Å². The smallest absolute Gasteiger partial charge is 0.254 e. The minimum absolute atomic E-state index is 0.0142. The molecule has 138 valence electrons. The average molecular weight is 382 g/mol. The molecular weight excluding hydrogens is 362 g/mol. The maximum absolute atomic E-state index is 13.0. The number of nitrogens with one attached hydrogen (secondary N) is 1. The Balaban J connectivity index is 1.66. The van der Waals surface area contributed by atoms with Crippen LogP contribution in [0.4, 0.5) is 0 Å². The van der Waals surface area contributed by atoms with Crippen molar-refractivity contribution in [1.82, 2.24) is 15.1 Å². The van der Waals surface area contributed by atoms with Gasteiger partial charge in [0.15, 0.2) is 0 Å². The maximum Gasteiger partial charge on any atom is 0.254 e. The number of carbonyl (C=O) groups is 1. The predicted octanol–water partition coefficient (Wildman–Crippen LogP) is 4.72. The Kier molecular flexibility index (Phi) is 4.86. The van der Waals surface area contributed by atoms with Crippen LogP contribution in [-0.2, 0) is 0 Å². The molecule has 1 N–H and O–H groups in total. The lowest BCUT2D eigenvalue weighted by Crippen LogP contribution is -2.31. The number of aromatic amines is 1. The summed E-state index contributed by atoms with van der Waals surface area (Å²) in [4.78, 5) is 15.0. The Hall–Kier alpha value is -2.79. The van der Waals surface area contributed by atoms with Crippen molar-refractivity contribution in [2.45, 2.75) is 18.9 Å². The summed E-state index contributed by atoms with van der Waals surface area (Å²) in [7, 11) is 1.65. The van der Waals surface area contributed by atoms with Gasteiger partial charge in [0.2, 0.25) is 0 Å². The molecule has 27 heavy (non-hydrogen) atoms. The first-order valence-corrected chi connectivity index (χ1v) is 9.29. The highest BCUT2D eigenvalue weighted by Gasteiger charge is 2.33. The lowest BCUT2D eigenvalue weighted by atomic mass is 10.0. The maximum atomic E-state index is 13.0. The number of aromatic nitrogens is 2. The number of H-pyrrole nitrogens is 1. The third-order valence-corrected chi connectivity index (χ3v) is 5.24. The summed E-state index contributed by atoms with van der Waals surface area (Å²) in [6.07, 6.45) is 3.67. The number of hydrogen-bond acceptors (Lipinski definition) is 3. The molecule has 1 fully saturated rings. The predicted molar refractivity (Wildman–Crippen MR) is 105 cm³/mol. The van der Waals surface area contributed by atoms with Crippen LogP contribution in [0.1, 0.15) is 34.9 Å². The average Bonchev–Trinajstić information content (AvgIpc) is 3.37. The summed E-state index contributed by atoms with van der Waals surface area (Å²) in [6.45, 7) is 0.725. The number of carbonyl (C=O) groups excluding carboxylic acids is 1. The van der Waals surface area contributed by atoms with Crippen LogP contribution in [-0.4, -0.2) is 34.7 Å². The van der Waals surface area contributed by atoms with E-state index in [2.05, 4.69) is 10.2 Å². The molecule has 1 aliphatic rings. The number of likely N-dealkylation sites (tertiary alicyclic amines) is 1. The summed E-state index contributed by atoms with van der Waals surface area (Å²) in [6, 6.07) is 14.9. The minimum Gasteiger partial charge on any atom is -0.497 e. The quantitative estimate of drug-likeness (QED) is 0.711. The van der Waals surface area contributed by atoms with Gasteiger partial charge >= 0.3 is 0 Å². The second-order valence-corrected chi connectivity index (χ2v) is 7.03. The van der Waals surface area contributed by atoms with Gasteiger partial charge in [-0.25, -0.2) is 0 Å². The van der Waals surface area contributed by atoms with Crippen LogP contribution >= 0.6 is 11.6 Å². The fraction of sp³-hybridized carbons (Fsp3) is 0.238. The molecule has 4 rings (SSSR count). The summed E-state index contributed by atoms with van der Waals surface area (Å²) in [5.41, 5.74) is 3.62. The summed E-state index contributed by atoms with van der Waals surface area (Å²) in [5.74, 6) is 0.806. The summed E-state index contributed by atoms with van der Waals surface area (Å²) < 4.78 is 5.34. The van der Waals surface area contributed by atoms with E-state index in [1.165, 1.54) is 0 Å². The van der Waals surface area contributed by atoms with Crippen LogP contribution in [0.15, 0.2) is 54.7 Å². The SMILES string of the molecule is COc1cccc(-c2cn[nH]c2[C@H]2CCCN2C(=O)c2ccc(Cl)cc2)c1. The highest BCUT2D eigenvalue weighted by Crippen LogP contribution is 2.38. The minimum atomic E-state index is -0.0307. The molecule has 0 radical (unpaired) electrons. The molecule has 0 bridgehead atoms. The zero-order valence-corrected chi connectivity index (χ0v) is 15.7. The first kappa shape index (κ1) is 17.6. The second kappa shape index (κ2) is 7.45. The number of amides is 1. The highest BCUT2D eigenvalue weighted by molar-refractivity contribution is 6.30. The highest BCUT2D eigenvalue weighted by atomic mass is 35.5. The Morgan fingerprint density at radius 1 is 1.26 bits per heavy atom. The Morgan fingerprint density at radius 2 is 2.07 bits per heavy atom. The van der Waals surface area contributed by atoms with Crippen LogP contribution in [0.3, 0.4) is 0 Å². The van der Waals surface area contributed by atoms with E-state index in [9.17, 15) is 4.79 Å². The molecule has 0 aliphatic carbocycles. The van der Waals surface area contributed by atoms with Gasteiger partial charge in [0, 0.05) is 22.7 Å². The zero-order chi connectivity index (χ0) is 18.8. The molecule has 1 saturated heterocycles. The molecule has 5 nitrogen and oxygen atoms in total. The van der Waals surface area contributed by atoms with E-state index >= 15 is 0 Å². The summed E-state index contributed by atoms with van der Waals surface area (Å²) in [5, 5.41) is 8.00. The van der Waals surface area contributed by atoms with Crippen molar-refractivity contribution in [1.29, 1.82) is 0 Å². The molecule has 2 aromatic carbocycles. The van der Waals surface area contributed by atoms with Crippen molar-refractivity contribution in [3.05, 3.63) is 71.0 Å². The fourth-order valence-electron chi connectivity index (χ4n) is 3.64. The van der Waals surface area contributed by atoms with E-state index in [1.807, 2.05) is 35.4 Å². The molecule has 1 aliphatic heterocycles. The van der Waals surface area contributed by atoms with E-state index in [0.717, 1.165) is 42.0 Å². The van der Waals surface area contributed by atoms with Crippen molar-refractivity contribution < 1.29 is 9.53 Å². The topological polar surface area (TPSA) is 58.2 Å². The van der Waals surface area contributed by atoms with Gasteiger partial charge in [-0.2, -0.15) is 5.10 Å². The normalized spacial score (nSPS) is 16.5. The van der Waals surface area contributed by atoms with Crippen molar-refractivity contribution >= 4 is 17.5 Å². The lowest BCUT2D eigenvalue weighted by Gasteiger charge is -2.25. The molecule has 1 amide bonds. The van der Waals surface area contributed by atoms with Crippen molar-refractivity contribution in [3.63, 3.8) is 0 Å². The van der Waals surface area contributed by atoms with Crippen LogP contribution in [0, 0.1) is 0 Å². The molecule has 0 spiro atoms. The van der Waals surface area contributed by atoms with Crippen LogP contribution < -0.4 is 4.74 Å². The molecule has 2 heterocycles. The van der Waals surface area contributed by atoms with Crippen LogP contribution in [0.25, 0.3) is 11.1 Å². The number of halogens is 1. The Morgan fingerprint density at radius 3 is 2.85 bits per heavy atom. The molecule has 0 saturated carbocycles. The second-order valence-electron chi connectivity index (χ2n) is 6.59. The Labute approximate surface area is 162 Å². The molecule has 1 aromatic heterocycles. The van der Waals surface area contributed by atoms with E-state index < -0.39 is 0 Å². The van der Waals surface area contributed by atoms with E-state index in [-0.39, 0.29) is 11.9 Å². The van der Waals surface area contributed by atoms with Gasteiger partial charge in [0.25, 0.3) is 5.91 Å². The number of methoxy groups -OCH3 is 1. The van der Waals surface area contributed by atoms with Crippen LogP contribution in [0.2, 0.25) is 5.02 Å².